The SMILES string of the molecule is O=C(O)c1cn(CCO)c2ccc(Cc3ccccc3O)cc2c1=O. The van der Waals surface area contributed by atoms with Crippen molar-refractivity contribution < 1.29 is 20.1 Å². The second-order valence-electron chi connectivity index (χ2n) is 5.75. The molecule has 2 aromatic carbocycles. The van der Waals surface area contributed by atoms with Gasteiger partial charge in [0, 0.05) is 24.5 Å². The van der Waals surface area contributed by atoms with E-state index in [1.54, 1.807) is 34.9 Å². The van der Waals surface area contributed by atoms with Crippen molar-refractivity contribution >= 4 is 16.9 Å². The molecule has 0 radical (unpaired) electrons. The number of carboxylic acids is 1. The van der Waals surface area contributed by atoms with Gasteiger partial charge in [-0.3, -0.25) is 4.79 Å². The number of hydrogen-bond acceptors (Lipinski definition) is 4. The van der Waals surface area contributed by atoms with E-state index in [-0.39, 0.29) is 29.9 Å². The Morgan fingerprint density at radius 3 is 2.56 bits per heavy atom. The third-order valence-corrected chi connectivity index (χ3v) is 4.10. The molecule has 3 rings (SSSR count). The van der Waals surface area contributed by atoms with Crippen LogP contribution in [0.3, 0.4) is 0 Å². The fraction of sp³-hybridized carbons (Fsp3) is 0.158. The Hall–Kier alpha value is -3.12. The van der Waals surface area contributed by atoms with E-state index in [1.807, 2.05) is 12.1 Å². The highest BCUT2D eigenvalue weighted by Crippen LogP contribution is 2.22. The van der Waals surface area contributed by atoms with Crippen LogP contribution in [0.5, 0.6) is 5.75 Å². The number of para-hydroxylation sites is 1. The summed E-state index contributed by atoms with van der Waals surface area (Å²) in [5, 5.41) is 28.6. The number of phenols is 1. The van der Waals surface area contributed by atoms with E-state index in [9.17, 15) is 24.9 Å². The van der Waals surface area contributed by atoms with Crippen LogP contribution in [0.1, 0.15) is 21.5 Å². The van der Waals surface area contributed by atoms with E-state index in [4.69, 9.17) is 0 Å². The molecular weight excluding hydrogens is 322 g/mol. The summed E-state index contributed by atoms with van der Waals surface area (Å²) in [5.74, 6) is -1.13. The van der Waals surface area contributed by atoms with Crippen molar-refractivity contribution in [1.29, 1.82) is 0 Å². The van der Waals surface area contributed by atoms with Gasteiger partial charge in [-0.15, -0.1) is 0 Å². The fourth-order valence-electron chi connectivity index (χ4n) is 2.88. The maximum Gasteiger partial charge on any atom is 0.341 e. The molecule has 128 valence electrons. The molecule has 0 saturated carbocycles. The normalized spacial score (nSPS) is 10.9. The van der Waals surface area contributed by atoms with Crippen molar-refractivity contribution in [2.75, 3.05) is 6.61 Å². The van der Waals surface area contributed by atoms with Crippen molar-refractivity contribution in [2.24, 2.45) is 0 Å². The number of benzene rings is 2. The zero-order chi connectivity index (χ0) is 18.0. The van der Waals surface area contributed by atoms with Crippen LogP contribution in [-0.2, 0) is 13.0 Å². The number of carboxylic acid groups (broad SMARTS) is 1. The first-order valence-corrected chi connectivity index (χ1v) is 7.78. The van der Waals surface area contributed by atoms with Gasteiger partial charge in [-0.2, -0.15) is 0 Å². The zero-order valence-corrected chi connectivity index (χ0v) is 13.3. The van der Waals surface area contributed by atoms with Crippen molar-refractivity contribution in [3.8, 4) is 5.75 Å². The molecule has 0 amide bonds. The molecule has 0 fully saturated rings. The molecule has 0 aliphatic heterocycles. The molecule has 6 heteroatoms. The minimum atomic E-state index is -1.30. The minimum absolute atomic E-state index is 0.166. The smallest absolute Gasteiger partial charge is 0.341 e. The Kier molecular flexibility index (Phi) is 4.54. The molecule has 0 saturated heterocycles. The van der Waals surface area contributed by atoms with Gasteiger partial charge in [-0.25, -0.2) is 4.79 Å². The van der Waals surface area contributed by atoms with Crippen LogP contribution >= 0.6 is 0 Å². The lowest BCUT2D eigenvalue weighted by molar-refractivity contribution is 0.0694. The highest BCUT2D eigenvalue weighted by Gasteiger charge is 2.15. The molecule has 0 unspecified atom stereocenters. The molecular formula is C19H17NO5. The zero-order valence-electron chi connectivity index (χ0n) is 13.3. The fourth-order valence-corrected chi connectivity index (χ4v) is 2.88. The molecule has 1 aromatic heterocycles. The van der Waals surface area contributed by atoms with Crippen LogP contribution in [0.15, 0.2) is 53.5 Å². The molecule has 0 aliphatic rings. The van der Waals surface area contributed by atoms with Crippen LogP contribution in [0.4, 0.5) is 0 Å². The molecule has 0 atom stereocenters. The molecule has 0 bridgehead atoms. The Balaban J connectivity index is 2.16. The number of nitrogens with zero attached hydrogens (tertiary/aromatic N) is 1. The van der Waals surface area contributed by atoms with Crippen LogP contribution in [0.2, 0.25) is 0 Å². The Morgan fingerprint density at radius 2 is 1.88 bits per heavy atom. The summed E-state index contributed by atoms with van der Waals surface area (Å²) in [6.45, 7) is 0.0204. The highest BCUT2D eigenvalue weighted by molar-refractivity contribution is 5.92. The van der Waals surface area contributed by atoms with E-state index >= 15 is 0 Å². The summed E-state index contributed by atoms with van der Waals surface area (Å²) in [5.41, 5.74) is 1.16. The quantitative estimate of drug-likeness (QED) is 0.660. The number of carbonyl (C=O) groups is 1. The number of aliphatic hydroxyl groups is 1. The van der Waals surface area contributed by atoms with Crippen molar-refractivity contribution in [3.05, 3.63) is 75.6 Å². The second-order valence-corrected chi connectivity index (χ2v) is 5.75. The lowest BCUT2D eigenvalue weighted by Crippen LogP contribution is -2.19. The Morgan fingerprint density at radius 1 is 1.12 bits per heavy atom. The van der Waals surface area contributed by atoms with Crippen LogP contribution in [-0.4, -0.2) is 32.5 Å². The maximum absolute atomic E-state index is 12.5. The summed E-state index contributed by atoms with van der Waals surface area (Å²) in [6, 6.07) is 12.1. The van der Waals surface area contributed by atoms with Crippen molar-refractivity contribution in [2.45, 2.75) is 13.0 Å². The van der Waals surface area contributed by atoms with Crippen LogP contribution in [0.25, 0.3) is 10.9 Å². The summed E-state index contributed by atoms with van der Waals surface area (Å²) in [4.78, 5) is 23.8. The van der Waals surface area contributed by atoms with E-state index < -0.39 is 11.4 Å². The van der Waals surface area contributed by atoms with E-state index in [2.05, 4.69) is 0 Å². The van der Waals surface area contributed by atoms with Gasteiger partial charge in [-0.1, -0.05) is 24.3 Å². The number of phenolic OH excluding ortho intramolecular Hbond substituents is 1. The predicted octanol–water partition coefficient (Wildman–Crippen LogP) is 1.99. The van der Waals surface area contributed by atoms with Gasteiger partial charge < -0.3 is 19.9 Å². The van der Waals surface area contributed by atoms with E-state index in [0.29, 0.717) is 17.5 Å². The van der Waals surface area contributed by atoms with Gasteiger partial charge in [0.2, 0.25) is 5.43 Å². The lowest BCUT2D eigenvalue weighted by Gasteiger charge is -2.12. The third-order valence-electron chi connectivity index (χ3n) is 4.10. The number of aromatic hydroxyl groups is 1. The Bertz CT molecular complexity index is 1010. The predicted molar refractivity (Wildman–Crippen MR) is 93.2 cm³/mol. The van der Waals surface area contributed by atoms with Crippen molar-refractivity contribution in [3.63, 3.8) is 0 Å². The first kappa shape index (κ1) is 16.7. The Labute approximate surface area is 143 Å². The second kappa shape index (κ2) is 6.78. The first-order valence-electron chi connectivity index (χ1n) is 7.78. The van der Waals surface area contributed by atoms with Gasteiger partial charge in [0.1, 0.15) is 11.3 Å². The number of hydrogen-bond donors (Lipinski definition) is 3. The topological polar surface area (TPSA) is 99.8 Å². The minimum Gasteiger partial charge on any atom is -0.508 e. The molecule has 25 heavy (non-hydrogen) atoms. The van der Waals surface area contributed by atoms with Gasteiger partial charge >= 0.3 is 5.97 Å². The number of aromatic carboxylic acids is 1. The molecule has 0 aliphatic carbocycles. The maximum atomic E-state index is 12.5. The number of aromatic nitrogens is 1. The van der Waals surface area contributed by atoms with Crippen LogP contribution in [0, 0.1) is 0 Å². The lowest BCUT2D eigenvalue weighted by atomic mass is 10.0. The summed E-state index contributed by atoms with van der Waals surface area (Å²) < 4.78 is 1.56. The van der Waals surface area contributed by atoms with E-state index in [0.717, 1.165) is 5.56 Å². The molecule has 0 spiro atoms. The standard InChI is InChI=1S/C19H17NO5/c21-8-7-20-11-15(19(24)25)18(23)14-10-12(5-6-16(14)20)9-13-3-1-2-4-17(13)22/h1-6,10-11,21-22H,7-9H2,(H,24,25). The van der Waals surface area contributed by atoms with Gasteiger partial charge in [0.25, 0.3) is 0 Å². The molecule has 3 aromatic rings. The number of aliphatic hydroxyl groups excluding tert-OH is 1. The molecule has 1 heterocycles. The molecule has 3 N–H and O–H groups in total. The summed E-state index contributed by atoms with van der Waals surface area (Å²) in [6.07, 6.45) is 1.67. The average molecular weight is 339 g/mol. The van der Waals surface area contributed by atoms with Gasteiger partial charge in [0.05, 0.1) is 12.1 Å². The van der Waals surface area contributed by atoms with Crippen LogP contribution < -0.4 is 5.43 Å². The van der Waals surface area contributed by atoms with Crippen molar-refractivity contribution in [1.82, 2.24) is 4.57 Å². The number of fused-ring (bicyclic) bond motifs is 1. The molecule has 6 nitrogen and oxygen atoms in total. The highest BCUT2D eigenvalue weighted by atomic mass is 16.4. The van der Waals surface area contributed by atoms with E-state index in [1.165, 1.54) is 6.20 Å². The van der Waals surface area contributed by atoms with Gasteiger partial charge in [0.15, 0.2) is 0 Å². The average Bonchev–Trinajstić information content (AvgIpc) is 2.59. The third kappa shape index (κ3) is 3.25. The monoisotopic (exact) mass is 339 g/mol. The number of pyridine rings is 1. The summed E-state index contributed by atoms with van der Waals surface area (Å²) in [7, 11) is 0. The largest absolute Gasteiger partial charge is 0.508 e. The summed E-state index contributed by atoms with van der Waals surface area (Å²) >= 11 is 0. The first-order chi connectivity index (χ1) is 12.0. The van der Waals surface area contributed by atoms with Gasteiger partial charge in [-0.05, 0) is 29.3 Å². The number of rotatable bonds is 5.